The maximum atomic E-state index is 8.49. The molecule has 0 aliphatic carbocycles. The van der Waals surface area contributed by atoms with Gasteiger partial charge in [0.15, 0.2) is 0 Å². The maximum absolute atomic E-state index is 8.49. The first-order valence-electron chi connectivity index (χ1n) is 3.42. The number of hydrogen-bond acceptors (Lipinski definition) is 2. The smallest absolute Gasteiger partial charge is 0.0656 e. The molecule has 0 rings (SSSR count). The molecule has 2 unspecified atom stereocenters. The van der Waals surface area contributed by atoms with E-state index in [1.165, 1.54) is 0 Å². The van der Waals surface area contributed by atoms with Gasteiger partial charge in [-0.3, -0.25) is 0 Å². The first kappa shape index (κ1) is 8.98. The van der Waals surface area contributed by atoms with Crippen molar-refractivity contribution < 1.29 is 0 Å². The van der Waals surface area contributed by atoms with Crippen LogP contribution in [0.1, 0.15) is 20.8 Å². The second kappa shape index (κ2) is 3.90. The molecule has 0 saturated heterocycles. The van der Waals surface area contributed by atoms with E-state index in [4.69, 9.17) is 10.5 Å². The lowest BCUT2D eigenvalue weighted by Crippen LogP contribution is -2.13. The molecule has 0 amide bonds. The van der Waals surface area contributed by atoms with Gasteiger partial charge in [-0.15, -0.1) is 0 Å². The molecule has 0 bridgehead atoms. The Bertz CT molecular complexity index is 153. The van der Waals surface area contributed by atoms with Gasteiger partial charge in [0.05, 0.1) is 12.1 Å². The quantitative estimate of drug-likeness (QED) is 0.582. The maximum Gasteiger partial charge on any atom is 0.0656 e. The summed E-state index contributed by atoms with van der Waals surface area (Å²) in [6.07, 6.45) is 0. The molecule has 0 aromatic rings. The summed E-state index contributed by atoms with van der Waals surface area (Å²) in [7, 11) is 0. The normalized spacial score (nSPS) is 18.1. The summed E-state index contributed by atoms with van der Waals surface area (Å²) in [6, 6.07) is 4.26. The number of hydrogen-bond donors (Lipinski definition) is 0. The van der Waals surface area contributed by atoms with Gasteiger partial charge < -0.3 is 0 Å². The fourth-order valence-electron chi connectivity index (χ4n) is 0.668. The van der Waals surface area contributed by atoms with Gasteiger partial charge in [0.1, 0.15) is 0 Å². The van der Waals surface area contributed by atoms with Crippen LogP contribution in [0.25, 0.3) is 0 Å². The minimum atomic E-state index is -0.0188. The van der Waals surface area contributed by atoms with Crippen LogP contribution in [0.15, 0.2) is 0 Å². The molecule has 54 valence electrons. The van der Waals surface area contributed by atoms with Gasteiger partial charge in [-0.05, 0) is 19.8 Å². The van der Waals surface area contributed by atoms with Crippen molar-refractivity contribution in [2.24, 2.45) is 17.8 Å². The van der Waals surface area contributed by atoms with Crippen molar-refractivity contribution in [1.29, 1.82) is 10.5 Å². The van der Waals surface area contributed by atoms with E-state index in [-0.39, 0.29) is 17.8 Å². The molecule has 0 aromatic carbocycles. The first-order chi connectivity index (χ1) is 4.63. The summed E-state index contributed by atoms with van der Waals surface area (Å²) >= 11 is 0. The van der Waals surface area contributed by atoms with Crippen LogP contribution in [0.3, 0.4) is 0 Å². The Kier molecular flexibility index (Phi) is 3.51. The van der Waals surface area contributed by atoms with Gasteiger partial charge >= 0.3 is 0 Å². The minimum Gasteiger partial charge on any atom is -0.198 e. The number of nitriles is 2. The standard InChI is InChI=1S/C8H12N2/c1-6(4-9)8(3)7(2)5-10/h6-8H,1-3H3. The fraction of sp³-hybridized carbons (Fsp3) is 0.750. The average Bonchev–Trinajstić information content (AvgIpc) is 2.00. The monoisotopic (exact) mass is 136 g/mol. The Morgan fingerprint density at radius 3 is 1.40 bits per heavy atom. The van der Waals surface area contributed by atoms with E-state index < -0.39 is 0 Å². The highest BCUT2D eigenvalue weighted by molar-refractivity contribution is 4.91. The highest BCUT2D eigenvalue weighted by Crippen LogP contribution is 2.18. The predicted molar refractivity (Wildman–Crippen MR) is 38.7 cm³/mol. The molecule has 0 fully saturated rings. The Labute approximate surface area is 62.1 Å². The van der Waals surface area contributed by atoms with E-state index in [1.54, 1.807) is 0 Å². The van der Waals surface area contributed by atoms with Gasteiger partial charge in [-0.2, -0.15) is 10.5 Å². The zero-order valence-electron chi connectivity index (χ0n) is 6.63. The number of nitrogens with zero attached hydrogens (tertiary/aromatic N) is 2. The highest BCUT2D eigenvalue weighted by Gasteiger charge is 2.17. The second-order valence-electron chi connectivity index (χ2n) is 2.69. The molecule has 0 aliphatic heterocycles. The lowest BCUT2D eigenvalue weighted by molar-refractivity contribution is 0.386. The summed E-state index contributed by atoms with van der Waals surface area (Å²) in [5.41, 5.74) is 0. The molecule has 0 aliphatic rings. The van der Waals surface area contributed by atoms with Gasteiger partial charge in [-0.1, -0.05) is 6.92 Å². The third-order valence-electron chi connectivity index (χ3n) is 1.98. The third-order valence-corrected chi connectivity index (χ3v) is 1.98. The molecular formula is C8H12N2. The molecule has 0 heterocycles. The van der Waals surface area contributed by atoms with E-state index >= 15 is 0 Å². The fourth-order valence-corrected chi connectivity index (χ4v) is 0.668. The lowest BCUT2D eigenvalue weighted by Gasteiger charge is -2.14. The second-order valence-corrected chi connectivity index (χ2v) is 2.69. The van der Waals surface area contributed by atoms with Crippen molar-refractivity contribution in [2.75, 3.05) is 0 Å². The van der Waals surface area contributed by atoms with Crippen LogP contribution in [0.4, 0.5) is 0 Å². The van der Waals surface area contributed by atoms with Crippen molar-refractivity contribution in [2.45, 2.75) is 20.8 Å². The number of rotatable bonds is 2. The third kappa shape index (κ3) is 2.07. The van der Waals surface area contributed by atoms with Crippen molar-refractivity contribution in [3.05, 3.63) is 0 Å². The van der Waals surface area contributed by atoms with Crippen LogP contribution < -0.4 is 0 Å². The van der Waals surface area contributed by atoms with Crippen LogP contribution in [0.2, 0.25) is 0 Å². The van der Waals surface area contributed by atoms with Crippen LogP contribution in [-0.2, 0) is 0 Å². The summed E-state index contributed by atoms with van der Waals surface area (Å²) in [4.78, 5) is 0. The van der Waals surface area contributed by atoms with E-state index in [0.717, 1.165) is 0 Å². The van der Waals surface area contributed by atoms with Gasteiger partial charge in [0, 0.05) is 11.8 Å². The lowest BCUT2D eigenvalue weighted by atomic mass is 9.87. The molecule has 0 aromatic heterocycles. The molecule has 0 saturated carbocycles. The van der Waals surface area contributed by atoms with Crippen molar-refractivity contribution in [3.63, 3.8) is 0 Å². The van der Waals surface area contributed by atoms with Crippen LogP contribution >= 0.6 is 0 Å². The molecule has 2 nitrogen and oxygen atoms in total. The summed E-state index contributed by atoms with van der Waals surface area (Å²) in [5, 5.41) is 17.0. The van der Waals surface area contributed by atoms with Crippen LogP contribution in [0, 0.1) is 40.4 Å². The SMILES string of the molecule is CC(C#N)C(C)C(C)C#N. The zero-order chi connectivity index (χ0) is 8.15. The summed E-state index contributed by atoms with van der Waals surface area (Å²) in [6.45, 7) is 5.62. The van der Waals surface area contributed by atoms with E-state index in [1.807, 2.05) is 20.8 Å². The Balaban J connectivity index is 4.00. The Morgan fingerprint density at radius 2 is 1.20 bits per heavy atom. The van der Waals surface area contributed by atoms with Gasteiger partial charge in [-0.25, -0.2) is 0 Å². The van der Waals surface area contributed by atoms with E-state index in [2.05, 4.69) is 12.1 Å². The van der Waals surface area contributed by atoms with Crippen molar-refractivity contribution in [1.82, 2.24) is 0 Å². The summed E-state index contributed by atoms with van der Waals surface area (Å²) in [5.74, 6) is 0.138. The molecule has 0 radical (unpaired) electrons. The first-order valence-corrected chi connectivity index (χ1v) is 3.42. The molecule has 2 heteroatoms. The Morgan fingerprint density at radius 1 is 0.900 bits per heavy atom. The largest absolute Gasteiger partial charge is 0.198 e. The van der Waals surface area contributed by atoms with Gasteiger partial charge in [0.25, 0.3) is 0 Å². The zero-order valence-corrected chi connectivity index (χ0v) is 6.63. The molecule has 10 heavy (non-hydrogen) atoms. The van der Waals surface area contributed by atoms with Crippen LogP contribution in [-0.4, -0.2) is 0 Å². The topological polar surface area (TPSA) is 47.6 Å². The van der Waals surface area contributed by atoms with E-state index in [0.29, 0.717) is 0 Å². The van der Waals surface area contributed by atoms with Crippen LogP contribution in [0.5, 0.6) is 0 Å². The highest BCUT2D eigenvalue weighted by atomic mass is 14.3. The molecular weight excluding hydrogens is 124 g/mol. The summed E-state index contributed by atoms with van der Waals surface area (Å²) < 4.78 is 0. The predicted octanol–water partition coefficient (Wildman–Crippen LogP) is 1.94. The van der Waals surface area contributed by atoms with Crippen molar-refractivity contribution >= 4 is 0 Å². The molecule has 0 N–H and O–H groups in total. The van der Waals surface area contributed by atoms with Gasteiger partial charge in [0.2, 0.25) is 0 Å². The Hall–Kier alpha value is -1.02. The van der Waals surface area contributed by atoms with E-state index in [9.17, 15) is 0 Å². The van der Waals surface area contributed by atoms with Crippen molar-refractivity contribution in [3.8, 4) is 12.1 Å². The minimum absolute atomic E-state index is 0.0188. The average molecular weight is 136 g/mol. The molecule has 2 atom stereocenters. The molecule has 0 spiro atoms.